The molecule has 1 fully saturated rings. The van der Waals surface area contributed by atoms with Crippen molar-refractivity contribution in [3.05, 3.63) is 29.3 Å². The van der Waals surface area contributed by atoms with Gasteiger partial charge >= 0.3 is 5.97 Å². The van der Waals surface area contributed by atoms with Gasteiger partial charge in [0.1, 0.15) is 6.67 Å². The largest absolute Gasteiger partial charge is 0.478 e. The first-order chi connectivity index (χ1) is 7.72. The van der Waals surface area contributed by atoms with E-state index in [4.69, 9.17) is 5.11 Å². The first kappa shape index (κ1) is 10.9. The Morgan fingerprint density at radius 3 is 2.81 bits per heavy atom. The molecule has 3 nitrogen and oxygen atoms in total. The molecule has 0 aromatic heterocycles. The lowest BCUT2D eigenvalue weighted by atomic mass is 10.1. The molecule has 0 spiro atoms. The molecule has 1 saturated carbocycles. The van der Waals surface area contributed by atoms with Crippen LogP contribution in [0.25, 0.3) is 0 Å². The first-order valence-corrected chi connectivity index (χ1v) is 5.37. The number of anilines is 1. The molecule has 0 unspecified atom stereocenters. The van der Waals surface area contributed by atoms with Gasteiger partial charge in [0, 0.05) is 17.8 Å². The van der Waals surface area contributed by atoms with Gasteiger partial charge in [-0.1, -0.05) is 6.07 Å². The van der Waals surface area contributed by atoms with Crippen LogP contribution >= 0.6 is 0 Å². The standard InChI is InChI=1S/C12H14FNO2/c13-6-10-9(12(15)16)2-1-3-11(10)14-7-8-4-5-8/h1-3,8,14H,4-7H2,(H,15,16). The average molecular weight is 223 g/mol. The first-order valence-electron chi connectivity index (χ1n) is 5.37. The molecule has 16 heavy (non-hydrogen) atoms. The summed E-state index contributed by atoms with van der Waals surface area (Å²) in [5.41, 5.74) is 0.897. The lowest BCUT2D eigenvalue weighted by molar-refractivity contribution is 0.0695. The number of halogens is 1. The summed E-state index contributed by atoms with van der Waals surface area (Å²) in [6.07, 6.45) is 2.41. The van der Waals surface area contributed by atoms with Crippen LogP contribution in [-0.4, -0.2) is 17.6 Å². The molecule has 2 rings (SSSR count). The molecule has 0 amide bonds. The van der Waals surface area contributed by atoms with Crippen LogP contribution < -0.4 is 5.32 Å². The SMILES string of the molecule is O=C(O)c1cccc(NCC2CC2)c1CF. The van der Waals surface area contributed by atoms with Crippen LogP contribution in [0, 0.1) is 5.92 Å². The molecule has 0 saturated heterocycles. The molecular formula is C12H14FNO2. The van der Waals surface area contributed by atoms with Gasteiger partial charge in [-0.15, -0.1) is 0 Å². The van der Waals surface area contributed by atoms with Crippen molar-refractivity contribution in [3.63, 3.8) is 0 Å². The molecule has 0 bridgehead atoms. The highest BCUT2D eigenvalue weighted by atomic mass is 19.1. The Balaban J connectivity index is 2.20. The zero-order chi connectivity index (χ0) is 11.5. The lowest BCUT2D eigenvalue weighted by Crippen LogP contribution is -2.09. The van der Waals surface area contributed by atoms with E-state index in [1.807, 2.05) is 0 Å². The molecule has 1 aliphatic carbocycles. The number of alkyl halides is 1. The van der Waals surface area contributed by atoms with E-state index in [0.717, 1.165) is 6.54 Å². The number of carboxylic acids is 1. The number of benzene rings is 1. The van der Waals surface area contributed by atoms with Crippen molar-refractivity contribution < 1.29 is 14.3 Å². The van der Waals surface area contributed by atoms with Crippen molar-refractivity contribution in [2.45, 2.75) is 19.5 Å². The Hall–Kier alpha value is -1.58. The third kappa shape index (κ3) is 2.32. The highest BCUT2D eigenvalue weighted by Crippen LogP contribution is 2.30. The van der Waals surface area contributed by atoms with Crippen molar-refractivity contribution in [2.75, 3.05) is 11.9 Å². The minimum atomic E-state index is -1.08. The summed E-state index contributed by atoms with van der Waals surface area (Å²) in [7, 11) is 0. The molecule has 2 N–H and O–H groups in total. The minimum Gasteiger partial charge on any atom is -0.478 e. The van der Waals surface area contributed by atoms with Crippen LogP contribution in [0.2, 0.25) is 0 Å². The molecule has 0 radical (unpaired) electrons. The number of carboxylic acid groups (broad SMARTS) is 1. The van der Waals surface area contributed by atoms with Crippen molar-refractivity contribution in [1.29, 1.82) is 0 Å². The van der Waals surface area contributed by atoms with Crippen LogP contribution in [-0.2, 0) is 6.67 Å². The summed E-state index contributed by atoms with van der Waals surface area (Å²) in [6, 6.07) is 4.79. The summed E-state index contributed by atoms with van der Waals surface area (Å²) in [5, 5.41) is 12.0. The second-order valence-corrected chi connectivity index (χ2v) is 4.09. The Morgan fingerprint density at radius 1 is 1.50 bits per heavy atom. The minimum absolute atomic E-state index is 0.0447. The van der Waals surface area contributed by atoms with Crippen LogP contribution in [0.1, 0.15) is 28.8 Å². The zero-order valence-electron chi connectivity index (χ0n) is 8.87. The summed E-state index contributed by atoms with van der Waals surface area (Å²) in [6.45, 7) is 0.0472. The van der Waals surface area contributed by atoms with Crippen molar-refractivity contribution >= 4 is 11.7 Å². The summed E-state index contributed by atoms with van der Waals surface area (Å²) >= 11 is 0. The molecule has 1 aromatic rings. The Morgan fingerprint density at radius 2 is 2.25 bits per heavy atom. The highest BCUT2D eigenvalue weighted by Gasteiger charge is 2.21. The second-order valence-electron chi connectivity index (χ2n) is 4.09. The van der Waals surface area contributed by atoms with Gasteiger partial charge in [0.05, 0.1) is 5.56 Å². The zero-order valence-corrected chi connectivity index (χ0v) is 8.87. The number of hydrogen-bond acceptors (Lipinski definition) is 2. The molecule has 1 aromatic carbocycles. The summed E-state index contributed by atoms with van der Waals surface area (Å²) in [5.74, 6) is -0.413. The van der Waals surface area contributed by atoms with E-state index in [1.165, 1.54) is 18.9 Å². The fourth-order valence-electron chi connectivity index (χ4n) is 1.67. The van der Waals surface area contributed by atoms with Crippen LogP contribution in [0.4, 0.5) is 10.1 Å². The quantitative estimate of drug-likeness (QED) is 0.806. The Kier molecular flexibility index (Phi) is 3.08. The third-order valence-electron chi connectivity index (χ3n) is 2.82. The maximum absolute atomic E-state index is 12.8. The van der Waals surface area contributed by atoms with Gasteiger partial charge < -0.3 is 10.4 Å². The van der Waals surface area contributed by atoms with Crippen LogP contribution in [0.5, 0.6) is 0 Å². The monoisotopic (exact) mass is 223 g/mol. The van der Waals surface area contributed by atoms with Crippen molar-refractivity contribution in [1.82, 2.24) is 0 Å². The highest BCUT2D eigenvalue weighted by molar-refractivity contribution is 5.91. The number of rotatable bonds is 5. The molecule has 4 heteroatoms. The van der Waals surface area contributed by atoms with Gasteiger partial charge in [0.25, 0.3) is 0 Å². The van der Waals surface area contributed by atoms with Gasteiger partial charge in [-0.25, -0.2) is 9.18 Å². The van der Waals surface area contributed by atoms with Crippen molar-refractivity contribution in [2.24, 2.45) is 5.92 Å². The normalized spacial score (nSPS) is 14.8. The second kappa shape index (κ2) is 4.51. The average Bonchev–Trinajstić information content (AvgIpc) is 3.09. The van der Waals surface area contributed by atoms with Gasteiger partial charge in [0.2, 0.25) is 0 Å². The molecule has 1 aliphatic rings. The lowest BCUT2D eigenvalue weighted by Gasteiger charge is -2.11. The molecular weight excluding hydrogens is 209 g/mol. The molecule has 86 valence electrons. The van der Waals surface area contributed by atoms with E-state index in [9.17, 15) is 9.18 Å². The molecule has 0 heterocycles. The maximum Gasteiger partial charge on any atom is 0.336 e. The maximum atomic E-state index is 12.8. The van der Waals surface area contributed by atoms with E-state index in [1.54, 1.807) is 12.1 Å². The van der Waals surface area contributed by atoms with E-state index in [0.29, 0.717) is 11.6 Å². The number of carbonyl (C=O) groups is 1. The third-order valence-corrected chi connectivity index (χ3v) is 2.82. The number of nitrogens with one attached hydrogen (secondary N) is 1. The smallest absolute Gasteiger partial charge is 0.336 e. The van der Waals surface area contributed by atoms with Gasteiger partial charge in [-0.3, -0.25) is 0 Å². The molecule has 0 atom stereocenters. The summed E-state index contributed by atoms with van der Waals surface area (Å²) in [4.78, 5) is 10.9. The fraction of sp³-hybridized carbons (Fsp3) is 0.417. The van der Waals surface area contributed by atoms with Gasteiger partial charge in [0.15, 0.2) is 0 Å². The predicted octanol–water partition coefficient (Wildman–Crippen LogP) is 2.68. The van der Waals surface area contributed by atoms with Crippen LogP contribution in [0.3, 0.4) is 0 Å². The topological polar surface area (TPSA) is 49.3 Å². The summed E-state index contributed by atoms with van der Waals surface area (Å²) < 4.78 is 12.8. The van der Waals surface area contributed by atoms with Gasteiger partial charge in [-0.2, -0.15) is 0 Å². The van der Waals surface area contributed by atoms with E-state index >= 15 is 0 Å². The van der Waals surface area contributed by atoms with Gasteiger partial charge in [-0.05, 0) is 30.9 Å². The van der Waals surface area contributed by atoms with E-state index in [2.05, 4.69) is 5.32 Å². The fourth-order valence-corrected chi connectivity index (χ4v) is 1.67. The van der Waals surface area contributed by atoms with Crippen LogP contribution in [0.15, 0.2) is 18.2 Å². The Bertz CT molecular complexity index is 402. The van der Waals surface area contributed by atoms with E-state index < -0.39 is 12.6 Å². The molecule has 0 aliphatic heterocycles. The number of hydrogen-bond donors (Lipinski definition) is 2. The van der Waals surface area contributed by atoms with E-state index in [-0.39, 0.29) is 11.1 Å². The predicted molar refractivity (Wildman–Crippen MR) is 59.4 cm³/mol. The van der Waals surface area contributed by atoms with Crippen molar-refractivity contribution in [3.8, 4) is 0 Å². The Labute approximate surface area is 93.3 Å². The number of aromatic carboxylic acids is 1.